The molecule has 0 aliphatic heterocycles. The quantitative estimate of drug-likeness (QED) is 0.905. The van der Waals surface area contributed by atoms with E-state index in [0.29, 0.717) is 6.54 Å². The van der Waals surface area contributed by atoms with Gasteiger partial charge in [0.15, 0.2) is 5.82 Å². The Balaban J connectivity index is 2.14. The first-order chi connectivity index (χ1) is 9.08. The number of hydrogen-bond donors (Lipinski definition) is 1. The van der Waals surface area contributed by atoms with Crippen LogP contribution in [0.4, 0.5) is 11.5 Å². The zero-order valence-electron chi connectivity index (χ0n) is 10.8. The van der Waals surface area contributed by atoms with Crippen LogP contribution in [-0.2, 0) is 6.54 Å². The molecule has 0 aliphatic rings. The van der Waals surface area contributed by atoms with Crippen molar-refractivity contribution >= 4 is 39.0 Å². The van der Waals surface area contributed by atoms with Gasteiger partial charge >= 0.3 is 0 Å². The number of aromatic nitrogens is 1. The van der Waals surface area contributed by atoms with Crippen LogP contribution in [0.2, 0.25) is 5.02 Å². The fourth-order valence-corrected chi connectivity index (χ4v) is 2.49. The van der Waals surface area contributed by atoms with Gasteiger partial charge in [-0.1, -0.05) is 33.6 Å². The largest absolute Gasteiger partial charge is 0.378 e. The minimum absolute atomic E-state index is 0.665. The Morgan fingerprint density at radius 1 is 1.32 bits per heavy atom. The number of benzene rings is 1. The van der Waals surface area contributed by atoms with Crippen molar-refractivity contribution in [2.45, 2.75) is 6.54 Å². The first kappa shape index (κ1) is 14.2. The molecule has 0 saturated carbocycles. The number of halogens is 2. The molecule has 0 amide bonds. The monoisotopic (exact) mass is 339 g/mol. The summed E-state index contributed by atoms with van der Waals surface area (Å²) in [7, 11) is 3.94. The Bertz CT molecular complexity index is 572. The van der Waals surface area contributed by atoms with Crippen molar-refractivity contribution in [3.05, 3.63) is 51.6 Å². The van der Waals surface area contributed by atoms with Gasteiger partial charge in [-0.15, -0.1) is 0 Å². The number of hydrogen-bond acceptors (Lipinski definition) is 3. The molecule has 1 aromatic carbocycles. The van der Waals surface area contributed by atoms with E-state index in [1.54, 1.807) is 6.20 Å². The fraction of sp³-hybridized carbons (Fsp3) is 0.214. The van der Waals surface area contributed by atoms with Crippen molar-refractivity contribution in [2.75, 3.05) is 24.3 Å². The highest BCUT2D eigenvalue weighted by atomic mass is 79.9. The van der Waals surface area contributed by atoms with Gasteiger partial charge in [0.05, 0.1) is 5.69 Å². The topological polar surface area (TPSA) is 28.2 Å². The Kier molecular flexibility index (Phi) is 4.66. The first-order valence-corrected chi connectivity index (χ1v) is 7.05. The van der Waals surface area contributed by atoms with Gasteiger partial charge in [0, 0.05) is 36.3 Å². The van der Waals surface area contributed by atoms with Crippen LogP contribution in [0.5, 0.6) is 0 Å². The summed E-state index contributed by atoms with van der Waals surface area (Å²) in [5.74, 6) is 0.913. The summed E-state index contributed by atoms with van der Waals surface area (Å²) in [6, 6.07) is 9.81. The normalized spacial score (nSPS) is 10.3. The summed E-state index contributed by atoms with van der Waals surface area (Å²) in [5.41, 5.74) is 2.05. The van der Waals surface area contributed by atoms with Gasteiger partial charge in [-0.25, -0.2) is 4.98 Å². The van der Waals surface area contributed by atoms with Gasteiger partial charge in [0.1, 0.15) is 0 Å². The molecule has 0 spiro atoms. The van der Waals surface area contributed by atoms with E-state index in [1.807, 2.05) is 49.3 Å². The number of nitrogens with one attached hydrogen (secondary N) is 1. The van der Waals surface area contributed by atoms with Crippen LogP contribution < -0.4 is 10.2 Å². The highest BCUT2D eigenvalue weighted by Crippen LogP contribution is 2.24. The number of nitrogens with zero attached hydrogens (tertiary/aromatic N) is 2. The molecule has 1 aromatic heterocycles. The van der Waals surface area contributed by atoms with Gasteiger partial charge < -0.3 is 10.2 Å². The van der Waals surface area contributed by atoms with Crippen molar-refractivity contribution in [2.24, 2.45) is 0 Å². The number of pyridine rings is 1. The second-order valence-electron chi connectivity index (χ2n) is 4.36. The van der Waals surface area contributed by atoms with Gasteiger partial charge in [0.2, 0.25) is 0 Å². The van der Waals surface area contributed by atoms with Crippen molar-refractivity contribution in [1.29, 1.82) is 0 Å². The zero-order valence-corrected chi connectivity index (χ0v) is 13.2. The average molecular weight is 341 g/mol. The van der Waals surface area contributed by atoms with Gasteiger partial charge in [-0.05, 0) is 29.8 Å². The zero-order chi connectivity index (χ0) is 13.8. The second-order valence-corrected chi connectivity index (χ2v) is 5.68. The second kappa shape index (κ2) is 6.26. The molecule has 0 unspecified atom stereocenters. The molecule has 0 radical (unpaired) electrons. The highest BCUT2D eigenvalue weighted by Gasteiger charge is 2.06. The molecule has 2 rings (SSSR count). The Labute approximate surface area is 126 Å². The molecule has 1 heterocycles. The summed E-state index contributed by atoms with van der Waals surface area (Å²) < 4.78 is 0.983. The lowest BCUT2D eigenvalue weighted by molar-refractivity contribution is 1.05. The summed E-state index contributed by atoms with van der Waals surface area (Å²) in [6.07, 6.45) is 1.78. The third-order valence-corrected chi connectivity index (χ3v) is 3.54. The van der Waals surface area contributed by atoms with E-state index in [2.05, 4.69) is 26.2 Å². The third kappa shape index (κ3) is 3.61. The van der Waals surface area contributed by atoms with Gasteiger partial charge in [-0.2, -0.15) is 0 Å². The van der Waals surface area contributed by atoms with Crippen LogP contribution in [0.25, 0.3) is 0 Å². The van der Waals surface area contributed by atoms with Crippen molar-refractivity contribution < 1.29 is 0 Å². The SMILES string of the molecule is CN(C)c1ncccc1NCc1ccc(Br)cc1Cl. The summed E-state index contributed by atoms with van der Waals surface area (Å²) in [4.78, 5) is 6.33. The molecule has 2 aromatic rings. The lowest BCUT2D eigenvalue weighted by atomic mass is 10.2. The summed E-state index contributed by atoms with van der Waals surface area (Å²) in [6.45, 7) is 0.665. The van der Waals surface area contributed by atoms with Crippen LogP contribution in [0.3, 0.4) is 0 Å². The predicted octanol–water partition coefficient (Wildman–Crippen LogP) is 4.18. The van der Waals surface area contributed by atoms with E-state index < -0.39 is 0 Å². The van der Waals surface area contributed by atoms with Crippen molar-refractivity contribution in [3.63, 3.8) is 0 Å². The molecule has 0 atom stereocenters. The molecular weight excluding hydrogens is 326 g/mol. The van der Waals surface area contributed by atoms with E-state index in [9.17, 15) is 0 Å². The maximum Gasteiger partial charge on any atom is 0.151 e. The highest BCUT2D eigenvalue weighted by molar-refractivity contribution is 9.10. The van der Waals surface area contributed by atoms with E-state index in [4.69, 9.17) is 11.6 Å². The van der Waals surface area contributed by atoms with Crippen LogP contribution in [0.1, 0.15) is 5.56 Å². The molecular formula is C14H15BrClN3. The van der Waals surface area contributed by atoms with Gasteiger partial charge in [-0.3, -0.25) is 0 Å². The summed E-state index contributed by atoms with van der Waals surface area (Å²) >= 11 is 9.60. The van der Waals surface area contributed by atoms with Crippen LogP contribution in [0, 0.1) is 0 Å². The minimum atomic E-state index is 0.665. The Morgan fingerprint density at radius 2 is 2.11 bits per heavy atom. The molecule has 0 aliphatic carbocycles. The smallest absolute Gasteiger partial charge is 0.151 e. The molecule has 0 saturated heterocycles. The number of rotatable bonds is 4. The standard InChI is InChI=1S/C14H15BrClN3/c1-19(2)14-13(4-3-7-17-14)18-9-10-5-6-11(15)8-12(10)16/h3-8,18H,9H2,1-2H3. The molecule has 3 nitrogen and oxygen atoms in total. The van der Waals surface area contributed by atoms with E-state index >= 15 is 0 Å². The van der Waals surface area contributed by atoms with E-state index in [-0.39, 0.29) is 0 Å². The predicted molar refractivity (Wildman–Crippen MR) is 85.0 cm³/mol. The lowest BCUT2D eigenvalue weighted by Gasteiger charge is -2.17. The van der Waals surface area contributed by atoms with E-state index in [0.717, 1.165) is 26.6 Å². The van der Waals surface area contributed by atoms with Crippen LogP contribution >= 0.6 is 27.5 Å². The van der Waals surface area contributed by atoms with Crippen LogP contribution in [0.15, 0.2) is 41.0 Å². The minimum Gasteiger partial charge on any atom is -0.378 e. The van der Waals surface area contributed by atoms with E-state index in [1.165, 1.54) is 0 Å². The molecule has 0 bridgehead atoms. The van der Waals surface area contributed by atoms with Crippen LogP contribution in [-0.4, -0.2) is 19.1 Å². The Hall–Kier alpha value is -1.26. The molecule has 5 heteroatoms. The maximum atomic E-state index is 6.20. The molecule has 100 valence electrons. The average Bonchev–Trinajstić information content (AvgIpc) is 2.38. The third-order valence-electron chi connectivity index (χ3n) is 2.69. The van der Waals surface area contributed by atoms with Crippen molar-refractivity contribution in [1.82, 2.24) is 4.98 Å². The van der Waals surface area contributed by atoms with Gasteiger partial charge in [0.25, 0.3) is 0 Å². The number of anilines is 2. The lowest BCUT2D eigenvalue weighted by Crippen LogP contribution is -2.13. The fourth-order valence-electron chi connectivity index (χ4n) is 1.75. The molecule has 0 fully saturated rings. The van der Waals surface area contributed by atoms with Crippen molar-refractivity contribution in [3.8, 4) is 0 Å². The summed E-state index contributed by atoms with van der Waals surface area (Å²) in [5, 5.41) is 4.11. The Morgan fingerprint density at radius 3 is 2.79 bits per heavy atom. The maximum absolute atomic E-state index is 6.20. The first-order valence-electron chi connectivity index (χ1n) is 5.88. The molecule has 1 N–H and O–H groups in total. The molecule has 19 heavy (non-hydrogen) atoms.